The van der Waals surface area contributed by atoms with E-state index in [-0.39, 0.29) is 5.91 Å². The fraction of sp³-hybridized carbons (Fsp3) is 0.625. The van der Waals surface area contributed by atoms with Gasteiger partial charge in [-0.25, -0.2) is 9.37 Å². The molecule has 21 heavy (non-hydrogen) atoms. The maximum Gasteiger partial charge on any atom is 0.257 e. The number of hydrogen-bond acceptors (Lipinski definition) is 3. The van der Waals surface area contributed by atoms with Crippen molar-refractivity contribution in [3.63, 3.8) is 0 Å². The Morgan fingerprint density at radius 1 is 1.33 bits per heavy atom. The predicted octanol–water partition coefficient (Wildman–Crippen LogP) is 3.06. The molecule has 3 rings (SSSR count). The van der Waals surface area contributed by atoms with Crippen molar-refractivity contribution in [1.82, 2.24) is 9.88 Å². The number of nitrogens with one attached hydrogen (secondary N) is 1. The first-order chi connectivity index (χ1) is 10.2. The van der Waals surface area contributed by atoms with Crippen molar-refractivity contribution in [1.29, 1.82) is 0 Å². The maximum atomic E-state index is 13.5. The number of carbonyl (C=O) groups is 1. The molecule has 1 aromatic rings. The van der Waals surface area contributed by atoms with Crippen LogP contribution in [0.25, 0.3) is 0 Å². The number of anilines is 1. The molecule has 0 radical (unpaired) electrons. The van der Waals surface area contributed by atoms with E-state index >= 15 is 0 Å². The van der Waals surface area contributed by atoms with Gasteiger partial charge >= 0.3 is 0 Å². The lowest BCUT2D eigenvalue weighted by molar-refractivity contribution is 0.0689. The maximum absolute atomic E-state index is 13.5. The van der Waals surface area contributed by atoms with Crippen LogP contribution in [0.15, 0.2) is 12.3 Å². The molecule has 2 fully saturated rings. The second kappa shape index (κ2) is 6.00. The highest BCUT2D eigenvalue weighted by Gasteiger charge is 2.36. The summed E-state index contributed by atoms with van der Waals surface area (Å²) in [4.78, 5) is 18.8. The third kappa shape index (κ3) is 2.74. The molecule has 5 heteroatoms. The number of pyridine rings is 1. The van der Waals surface area contributed by atoms with E-state index in [0.717, 1.165) is 25.6 Å². The number of likely N-dealkylation sites (tertiary alicyclic amines) is 1. The molecular weight excluding hydrogens is 269 g/mol. The van der Waals surface area contributed by atoms with Gasteiger partial charge in [-0.05, 0) is 37.7 Å². The van der Waals surface area contributed by atoms with Crippen molar-refractivity contribution < 1.29 is 9.18 Å². The molecule has 1 atom stereocenters. The standard InChI is InChI=1S/C16H22FN3O/c1-18-15-13(9-12(17)10-19-15)16(21)20-8-4-7-14(20)11-5-2-3-6-11/h9-11,14H,2-8H2,1H3,(H,18,19). The minimum atomic E-state index is -0.464. The minimum absolute atomic E-state index is 0.0826. The first kappa shape index (κ1) is 14.3. The van der Waals surface area contributed by atoms with Gasteiger partial charge in [-0.3, -0.25) is 4.79 Å². The number of aromatic nitrogens is 1. The molecule has 1 amide bonds. The summed E-state index contributed by atoms with van der Waals surface area (Å²) < 4.78 is 13.5. The van der Waals surface area contributed by atoms with Gasteiger partial charge in [0.05, 0.1) is 11.8 Å². The van der Waals surface area contributed by atoms with Gasteiger partial charge in [0.2, 0.25) is 0 Å². The fourth-order valence-electron chi connectivity index (χ4n) is 3.83. The molecule has 1 saturated heterocycles. The number of halogens is 1. The number of carbonyl (C=O) groups excluding carboxylic acids is 1. The largest absolute Gasteiger partial charge is 0.372 e. The summed E-state index contributed by atoms with van der Waals surface area (Å²) in [6.07, 6.45) is 8.24. The molecule has 114 valence electrons. The van der Waals surface area contributed by atoms with Crippen LogP contribution in [-0.2, 0) is 0 Å². The van der Waals surface area contributed by atoms with Crippen LogP contribution >= 0.6 is 0 Å². The Balaban J connectivity index is 1.85. The molecule has 1 saturated carbocycles. The lowest BCUT2D eigenvalue weighted by atomic mass is 9.95. The molecule has 2 aliphatic rings. The predicted molar refractivity (Wildman–Crippen MR) is 79.8 cm³/mol. The van der Waals surface area contributed by atoms with E-state index in [1.165, 1.54) is 31.7 Å². The summed E-state index contributed by atoms with van der Waals surface area (Å²) in [7, 11) is 1.70. The average Bonchev–Trinajstić information content (AvgIpc) is 3.16. The topological polar surface area (TPSA) is 45.2 Å². The highest BCUT2D eigenvalue weighted by Crippen LogP contribution is 2.36. The number of amides is 1. The van der Waals surface area contributed by atoms with Crippen LogP contribution in [0.2, 0.25) is 0 Å². The lowest BCUT2D eigenvalue weighted by Crippen LogP contribution is -2.39. The molecule has 1 aromatic heterocycles. The van der Waals surface area contributed by atoms with Gasteiger partial charge in [0.15, 0.2) is 0 Å². The lowest BCUT2D eigenvalue weighted by Gasteiger charge is -2.30. The molecule has 0 aromatic carbocycles. The van der Waals surface area contributed by atoms with Crippen LogP contribution in [0.4, 0.5) is 10.2 Å². The zero-order chi connectivity index (χ0) is 14.8. The Hall–Kier alpha value is -1.65. The normalized spacial score (nSPS) is 22.8. The Morgan fingerprint density at radius 2 is 2.10 bits per heavy atom. The third-order valence-electron chi connectivity index (χ3n) is 4.83. The molecule has 2 heterocycles. The Bertz CT molecular complexity index is 528. The zero-order valence-electron chi connectivity index (χ0n) is 12.4. The van der Waals surface area contributed by atoms with Crippen molar-refractivity contribution in [3.8, 4) is 0 Å². The van der Waals surface area contributed by atoms with Gasteiger partial charge in [-0.15, -0.1) is 0 Å². The van der Waals surface area contributed by atoms with Gasteiger partial charge in [0, 0.05) is 19.6 Å². The van der Waals surface area contributed by atoms with Crippen molar-refractivity contribution in [3.05, 3.63) is 23.6 Å². The van der Waals surface area contributed by atoms with Gasteiger partial charge in [0.25, 0.3) is 5.91 Å². The van der Waals surface area contributed by atoms with Gasteiger partial charge < -0.3 is 10.2 Å². The summed E-state index contributed by atoms with van der Waals surface area (Å²) >= 11 is 0. The summed E-state index contributed by atoms with van der Waals surface area (Å²) in [5.41, 5.74) is 0.349. The number of hydrogen-bond donors (Lipinski definition) is 1. The van der Waals surface area contributed by atoms with Gasteiger partial charge in [-0.1, -0.05) is 12.8 Å². The van der Waals surface area contributed by atoms with Crippen molar-refractivity contribution >= 4 is 11.7 Å². The van der Waals surface area contributed by atoms with E-state index in [1.807, 2.05) is 4.90 Å². The Kier molecular flexibility index (Phi) is 4.08. The second-order valence-electron chi connectivity index (χ2n) is 6.05. The Labute approximate surface area is 124 Å². The molecule has 1 aliphatic carbocycles. The quantitative estimate of drug-likeness (QED) is 0.931. The number of rotatable bonds is 3. The van der Waals surface area contributed by atoms with Crippen molar-refractivity contribution in [2.24, 2.45) is 5.92 Å². The summed E-state index contributed by atoms with van der Waals surface area (Å²) in [5.74, 6) is 0.532. The first-order valence-electron chi connectivity index (χ1n) is 7.85. The van der Waals surface area contributed by atoms with Crippen LogP contribution < -0.4 is 5.32 Å². The average molecular weight is 291 g/mol. The van der Waals surface area contributed by atoms with Crippen LogP contribution in [-0.4, -0.2) is 35.4 Å². The van der Waals surface area contributed by atoms with Crippen LogP contribution in [0.5, 0.6) is 0 Å². The van der Waals surface area contributed by atoms with Crippen LogP contribution in [0.1, 0.15) is 48.9 Å². The van der Waals surface area contributed by atoms with E-state index in [9.17, 15) is 9.18 Å². The molecule has 1 unspecified atom stereocenters. The number of nitrogens with zero attached hydrogens (tertiary/aromatic N) is 2. The Morgan fingerprint density at radius 3 is 2.81 bits per heavy atom. The summed E-state index contributed by atoms with van der Waals surface area (Å²) in [6.45, 7) is 0.777. The van der Waals surface area contributed by atoms with Gasteiger partial charge in [0.1, 0.15) is 11.6 Å². The van der Waals surface area contributed by atoms with E-state index in [4.69, 9.17) is 0 Å². The smallest absolute Gasteiger partial charge is 0.257 e. The van der Waals surface area contributed by atoms with E-state index < -0.39 is 5.82 Å². The summed E-state index contributed by atoms with van der Waals surface area (Å²) in [5, 5.41) is 2.89. The van der Waals surface area contributed by atoms with Crippen LogP contribution in [0, 0.1) is 11.7 Å². The molecule has 4 nitrogen and oxygen atoms in total. The SMILES string of the molecule is CNc1ncc(F)cc1C(=O)N1CCCC1C1CCCC1. The van der Waals surface area contributed by atoms with Gasteiger partial charge in [-0.2, -0.15) is 0 Å². The van der Waals surface area contributed by atoms with E-state index in [0.29, 0.717) is 23.3 Å². The highest BCUT2D eigenvalue weighted by atomic mass is 19.1. The molecule has 0 spiro atoms. The minimum Gasteiger partial charge on any atom is -0.372 e. The highest BCUT2D eigenvalue weighted by molar-refractivity contribution is 5.99. The molecule has 1 aliphatic heterocycles. The van der Waals surface area contributed by atoms with Crippen molar-refractivity contribution in [2.75, 3.05) is 18.9 Å². The van der Waals surface area contributed by atoms with Crippen LogP contribution in [0.3, 0.4) is 0 Å². The zero-order valence-corrected chi connectivity index (χ0v) is 12.4. The fourth-order valence-corrected chi connectivity index (χ4v) is 3.83. The van der Waals surface area contributed by atoms with E-state index in [1.54, 1.807) is 7.05 Å². The van der Waals surface area contributed by atoms with Crippen molar-refractivity contribution in [2.45, 2.75) is 44.6 Å². The third-order valence-corrected chi connectivity index (χ3v) is 4.83. The molecular formula is C16H22FN3O. The second-order valence-corrected chi connectivity index (χ2v) is 6.05. The molecule has 1 N–H and O–H groups in total. The molecule has 0 bridgehead atoms. The first-order valence-corrected chi connectivity index (χ1v) is 7.85. The monoisotopic (exact) mass is 291 g/mol. The summed E-state index contributed by atoms with van der Waals surface area (Å²) in [6, 6.07) is 1.62. The van der Waals surface area contributed by atoms with E-state index in [2.05, 4.69) is 10.3 Å².